The average Bonchev–Trinajstić information content (AvgIpc) is 2.76. The Morgan fingerprint density at radius 1 is 1.45 bits per heavy atom. The number of halogens is 1. The van der Waals surface area contributed by atoms with Gasteiger partial charge in [-0.25, -0.2) is 8.42 Å². The third kappa shape index (κ3) is 3.62. The summed E-state index contributed by atoms with van der Waals surface area (Å²) in [5, 5.41) is 3.34. The highest BCUT2D eigenvalue weighted by Crippen LogP contribution is 2.32. The molecule has 0 radical (unpaired) electrons. The quantitative estimate of drug-likeness (QED) is 0.853. The van der Waals surface area contributed by atoms with Crippen molar-refractivity contribution in [2.75, 3.05) is 26.2 Å². The van der Waals surface area contributed by atoms with Crippen LogP contribution in [0.2, 0.25) is 0 Å². The van der Waals surface area contributed by atoms with Crippen molar-refractivity contribution in [1.82, 2.24) is 9.62 Å². The molecule has 1 aliphatic heterocycles. The molecule has 0 unspecified atom stereocenters. The van der Waals surface area contributed by atoms with Crippen LogP contribution in [0.4, 0.5) is 0 Å². The molecule has 0 bridgehead atoms. The predicted molar refractivity (Wildman–Crippen MR) is 86.8 cm³/mol. The van der Waals surface area contributed by atoms with Gasteiger partial charge in [-0.1, -0.05) is 6.92 Å². The van der Waals surface area contributed by atoms with E-state index in [0.717, 1.165) is 34.6 Å². The summed E-state index contributed by atoms with van der Waals surface area (Å²) in [5.74, 6) is 0.594. The zero-order chi connectivity index (χ0) is 14.8. The van der Waals surface area contributed by atoms with Crippen LogP contribution in [0, 0.1) is 12.8 Å². The Balaban J connectivity index is 2.04. The molecule has 0 amide bonds. The lowest BCUT2D eigenvalue weighted by Crippen LogP contribution is -2.40. The van der Waals surface area contributed by atoms with Gasteiger partial charge < -0.3 is 5.32 Å². The summed E-state index contributed by atoms with van der Waals surface area (Å²) >= 11 is 4.84. The Hall–Kier alpha value is 0.0500. The van der Waals surface area contributed by atoms with Crippen molar-refractivity contribution in [3.63, 3.8) is 0 Å². The Kier molecular flexibility index (Phi) is 5.64. The lowest BCUT2D eigenvalue weighted by atomic mass is 9.98. The lowest BCUT2D eigenvalue weighted by molar-refractivity contribution is 0.268. The standard InChI is InChI=1S/C13H21BrN2O2S2/c1-3-15-9-11-4-6-16(7-5-11)20(17,18)12-8-13(14)19-10(12)2/h8,11,15H,3-7,9H2,1-2H3. The van der Waals surface area contributed by atoms with Gasteiger partial charge in [-0.15, -0.1) is 11.3 Å². The minimum atomic E-state index is -3.32. The number of piperidine rings is 1. The molecule has 1 aliphatic rings. The molecule has 1 fully saturated rings. The van der Waals surface area contributed by atoms with Gasteiger partial charge in [0.25, 0.3) is 0 Å². The number of nitrogens with one attached hydrogen (secondary N) is 1. The summed E-state index contributed by atoms with van der Waals surface area (Å²) in [7, 11) is -3.32. The van der Waals surface area contributed by atoms with Crippen LogP contribution in [-0.4, -0.2) is 38.9 Å². The molecular weight excluding hydrogens is 360 g/mol. The smallest absolute Gasteiger partial charge is 0.244 e. The van der Waals surface area contributed by atoms with E-state index in [1.165, 1.54) is 11.3 Å². The van der Waals surface area contributed by atoms with E-state index in [9.17, 15) is 8.42 Å². The van der Waals surface area contributed by atoms with Gasteiger partial charge in [0.2, 0.25) is 10.0 Å². The summed E-state index contributed by atoms with van der Waals surface area (Å²) in [6.07, 6.45) is 1.88. The van der Waals surface area contributed by atoms with Gasteiger partial charge in [-0.2, -0.15) is 4.31 Å². The molecule has 1 aromatic heterocycles. The number of sulfonamides is 1. The lowest BCUT2D eigenvalue weighted by Gasteiger charge is -2.31. The summed E-state index contributed by atoms with van der Waals surface area (Å²) < 4.78 is 27.8. The molecule has 0 aromatic carbocycles. The number of rotatable bonds is 5. The number of nitrogens with zero attached hydrogens (tertiary/aromatic N) is 1. The molecule has 0 atom stereocenters. The normalized spacial score (nSPS) is 18.6. The first-order chi connectivity index (χ1) is 9.45. The maximum Gasteiger partial charge on any atom is 0.244 e. The Labute approximate surface area is 133 Å². The van der Waals surface area contributed by atoms with Gasteiger partial charge in [-0.05, 0) is 60.8 Å². The van der Waals surface area contributed by atoms with E-state index in [2.05, 4.69) is 28.2 Å². The van der Waals surface area contributed by atoms with Crippen LogP contribution in [0.1, 0.15) is 24.6 Å². The molecule has 0 saturated carbocycles. The fraction of sp³-hybridized carbons (Fsp3) is 0.692. The Bertz CT molecular complexity index is 549. The molecule has 0 spiro atoms. The number of hydrogen-bond acceptors (Lipinski definition) is 4. The highest BCUT2D eigenvalue weighted by molar-refractivity contribution is 9.11. The zero-order valence-corrected chi connectivity index (χ0v) is 15.1. The molecule has 114 valence electrons. The molecule has 4 nitrogen and oxygen atoms in total. The SMILES string of the molecule is CCNCC1CCN(S(=O)(=O)c2cc(Br)sc2C)CC1. The van der Waals surface area contributed by atoms with Crippen LogP contribution in [0.15, 0.2) is 14.7 Å². The van der Waals surface area contributed by atoms with Gasteiger partial charge in [0.1, 0.15) is 0 Å². The van der Waals surface area contributed by atoms with E-state index >= 15 is 0 Å². The third-order valence-electron chi connectivity index (χ3n) is 3.72. The fourth-order valence-corrected chi connectivity index (χ4v) is 6.38. The Morgan fingerprint density at radius 3 is 2.60 bits per heavy atom. The van der Waals surface area contributed by atoms with Crippen molar-refractivity contribution in [2.45, 2.75) is 31.6 Å². The van der Waals surface area contributed by atoms with E-state index in [4.69, 9.17) is 0 Å². The molecule has 0 aliphatic carbocycles. The molecule has 2 rings (SSSR count). The van der Waals surface area contributed by atoms with Crippen molar-refractivity contribution in [1.29, 1.82) is 0 Å². The van der Waals surface area contributed by atoms with Crippen molar-refractivity contribution in [2.24, 2.45) is 5.92 Å². The minimum absolute atomic E-state index is 0.458. The highest BCUT2D eigenvalue weighted by atomic mass is 79.9. The maximum atomic E-state index is 12.6. The largest absolute Gasteiger partial charge is 0.317 e. The number of hydrogen-bond donors (Lipinski definition) is 1. The van der Waals surface area contributed by atoms with Crippen LogP contribution in [0.25, 0.3) is 0 Å². The molecular formula is C13H21BrN2O2S2. The van der Waals surface area contributed by atoms with Crippen molar-refractivity contribution >= 4 is 37.3 Å². The highest BCUT2D eigenvalue weighted by Gasteiger charge is 2.31. The molecule has 2 heterocycles. The van der Waals surface area contributed by atoms with Crippen LogP contribution >= 0.6 is 27.3 Å². The van der Waals surface area contributed by atoms with Gasteiger partial charge >= 0.3 is 0 Å². The zero-order valence-electron chi connectivity index (χ0n) is 11.9. The van der Waals surface area contributed by atoms with Crippen molar-refractivity contribution < 1.29 is 8.42 Å². The van der Waals surface area contributed by atoms with Crippen molar-refractivity contribution in [3.05, 3.63) is 14.7 Å². The van der Waals surface area contributed by atoms with Gasteiger partial charge in [0.15, 0.2) is 0 Å². The molecule has 20 heavy (non-hydrogen) atoms. The van der Waals surface area contributed by atoms with E-state index in [-0.39, 0.29) is 0 Å². The predicted octanol–water partition coefficient (Wildman–Crippen LogP) is 2.83. The van der Waals surface area contributed by atoms with E-state index in [1.807, 2.05) is 6.92 Å². The first-order valence-electron chi connectivity index (χ1n) is 6.92. The van der Waals surface area contributed by atoms with Crippen LogP contribution in [-0.2, 0) is 10.0 Å². The number of aryl methyl sites for hydroxylation is 1. The van der Waals surface area contributed by atoms with Crippen molar-refractivity contribution in [3.8, 4) is 0 Å². The first kappa shape index (κ1) is 16.4. The second kappa shape index (κ2) is 6.87. The third-order valence-corrected chi connectivity index (χ3v) is 7.42. The number of thiophene rings is 1. The van der Waals surface area contributed by atoms with Crippen LogP contribution < -0.4 is 5.32 Å². The Morgan fingerprint density at radius 2 is 2.10 bits per heavy atom. The van der Waals surface area contributed by atoms with E-state index in [1.54, 1.807) is 10.4 Å². The first-order valence-corrected chi connectivity index (χ1v) is 9.97. The molecule has 1 N–H and O–H groups in total. The fourth-order valence-electron chi connectivity index (χ4n) is 2.53. The molecule has 1 saturated heterocycles. The van der Waals surface area contributed by atoms with Gasteiger partial charge in [0.05, 0.1) is 8.68 Å². The van der Waals surface area contributed by atoms with E-state index < -0.39 is 10.0 Å². The molecule has 7 heteroatoms. The second-order valence-corrected chi connectivity index (χ2v) is 9.67. The monoisotopic (exact) mass is 380 g/mol. The van der Waals surface area contributed by atoms with Crippen LogP contribution in [0.3, 0.4) is 0 Å². The minimum Gasteiger partial charge on any atom is -0.317 e. The molecule has 1 aromatic rings. The summed E-state index contributed by atoms with van der Waals surface area (Å²) in [5.41, 5.74) is 0. The summed E-state index contributed by atoms with van der Waals surface area (Å²) in [6.45, 7) is 7.18. The second-order valence-electron chi connectivity index (χ2n) is 5.13. The van der Waals surface area contributed by atoms with Gasteiger partial charge in [0, 0.05) is 18.0 Å². The van der Waals surface area contributed by atoms with Gasteiger partial charge in [-0.3, -0.25) is 0 Å². The summed E-state index contributed by atoms with van der Waals surface area (Å²) in [4.78, 5) is 1.31. The van der Waals surface area contributed by atoms with E-state index in [0.29, 0.717) is 23.9 Å². The topological polar surface area (TPSA) is 49.4 Å². The summed E-state index contributed by atoms with van der Waals surface area (Å²) in [6, 6.07) is 1.72. The maximum absolute atomic E-state index is 12.6. The average molecular weight is 381 g/mol. The van der Waals surface area contributed by atoms with Crippen LogP contribution in [0.5, 0.6) is 0 Å².